The van der Waals surface area contributed by atoms with Gasteiger partial charge in [-0.1, -0.05) is 18.2 Å². The first-order chi connectivity index (χ1) is 11.2. The van der Waals surface area contributed by atoms with E-state index < -0.39 is 0 Å². The van der Waals surface area contributed by atoms with E-state index in [-0.39, 0.29) is 6.03 Å². The highest BCUT2D eigenvalue weighted by molar-refractivity contribution is 5.93. The fourth-order valence-corrected chi connectivity index (χ4v) is 2.27. The Morgan fingerprint density at radius 1 is 1.09 bits per heavy atom. The van der Waals surface area contributed by atoms with E-state index in [2.05, 4.69) is 4.98 Å². The summed E-state index contributed by atoms with van der Waals surface area (Å²) in [5.74, 6) is 0.785. The van der Waals surface area contributed by atoms with Gasteiger partial charge in [0, 0.05) is 24.5 Å². The number of methoxy groups -OCH3 is 1. The molecule has 5 nitrogen and oxygen atoms in total. The molecule has 5 heteroatoms. The average molecular weight is 307 g/mol. The van der Waals surface area contributed by atoms with E-state index in [0.717, 1.165) is 22.7 Å². The lowest BCUT2D eigenvalue weighted by Gasteiger charge is -2.16. The maximum absolute atomic E-state index is 12.5. The van der Waals surface area contributed by atoms with Crippen molar-refractivity contribution in [1.29, 1.82) is 0 Å². The molecule has 0 aliphatic carbocycles. The Morgan fingerprint density at radius 2 is 1.78 bits per heavy atom. The van der Waals surface area contributed by atoms with E-state index in [1.54, 1.807) is 25.3 Å². The van der Waals surface area contributed by atoms with Crippen LogP contribution in [0.4, 0.5) is 10.5 Å². The second-order valence-corrected chi connectivity index (χ2v) is 5.07. The highest BCUT2D eigenvalue weighted by atomic mass is 16.5. The number of carbonyl (C=O) groups is 1. The van der Waals surface area contributed by atoms with Gasteiger partial charge in [-0.25, -0.2) is 9.78 Å². The highest BCUT2D eigenvalue weighted by Gasteiger charge is 2.14. The number of anilines is 1. The summed E-state index contributed by atoms with van der Waals surface area (Å²) in [6, 6.07) is 16.9. The number of benzene rings is 2. The fourth-order valence-electron chi connectivity index (χ4n) is 2.27. The number of hydrogen-bond donors (Lipinski definition) is 0. The topological polar surface area (TPSA) is 47.4 Å². The first-order valence-electron chi connectivity index (χ1n) is 7.20. The third kappa shape index (κ3) is 3.08. The summed E-state index contributed by atoms with van der Waals surface area (Å²) in [7, 11) is 3.37. The highest BCUT2D eigenvalue weighted by Crippen LogP contribution is 2.21. The zero-order valence-electron chi connectivity index (χ0n) is 13.0. The van der Waals surface area contributed by atoms with Crippen molar-refractivity contribution in [3.8, 4) is 17.0 Å². The molecule has 0 saturated carbocycles. The molecule has 0 aliphatic rings. The van der Waals surface area contributed by atoms with Crippen LogP contribution in [0.25, 0.3) is 11.3 Å². The molecule has 0 atom stereocenters. The van der Waals surface area contributed by atoms with Gasteiger partial charge in [-0.3, -0.25) is 9.47 Å². The van der Waals surface area contributed by atoms with Crippen LogP contribution in [0.5, 0.6) is 5.75 Å². The van der Waals surface area contributed by atoms with Crippen molar-refractivity contribution in [3.05, 3.63) is 67.1 Å². The average Bonchev–Trinajstić information content (AvgIpc) is 3.11. The minimum absolute atomic E-state index is 0.163. The second-order valence-electron chi connectivity index (χ2n) is 5.07. The van der Waals surface area contributed by atoms with Crippen molar-refractivity contribution < 1.29 is 9.53 Å². The molecule has 0 aliphatic heterocycles. The summed E-state index contributed by atoms with van der Waals surface area (Å²) in [5.41, 5.74) is 2.50. The van der Waals surface area contributed by atoms with Crippen molar-refractivity contribution in [2.24, 2.45) is 0 Å². The van der Waals surface area contributed by atoms with Crippen LogP contribution in [0.2, 0.25) is 0 Å². The molecule has 3 rings (SSSR count). The Hall–Kier alpha value is -3.08. The van der Waals surface area contributed by atoms with Crippen LogP contribution in [0, 0.1) is 0 Å². The number of imidazole rings is 1. The maximum atomic E-state index is 12.5. The molecule has 0 bridgehead atoms. The molecule has 0 radical (unpaired) electrons. The fraction of sp³-hybridized carbons (Fsp3) is 0.111. The summed E-state index contributed by atoms with van der Waals surface area (Å²) in [4.78, 5) is 18.4. The molecule has 3 aromatic rings. The maximum Gasteiger partial charge on any atom is 0.333 e. The molecule has 0 unspecified atom stereocenters. The zero-order valence-corrected chi connectivity index (χ0v) is 13.0. The third-order valence-corrected chi connectivity index (χ3v) is 3.62. The van der Waals surface area contributed by atoms with Crippen LogP contribution in [-0.4, -0.2) is 29.7 Å². The molecular weight excluding hydrogens is 290 g/mol. The predicted molar refractivity (Wildman–Crippen MR) is 89.9 cm³/mol. The number of hydrogen-bond acceptors (Lipinski definition) is 3. The van der Waals surface area contributed by atoms with Gasteiger partial charge in [0.15, 0.2) is 0 Å². The molecule has 1 heterocycles. The Bertz CT molecular complexity index is 795. The molecule has 0 N–H and O–H groups in total. The first-order valence-corrected chi connectivity index (χ1v) is 7.20. The molecule has 2 aromatic carbocycles. The van der Waals surface area contributed by atoms with Crippen molar-refractivity contribution in [2.75, 3.05) is 19.1 Å². The van der Waals surface area contributed by atoms with Crippen molar-refractivity contribution >= 4 is 11.7 Å². The van der Waals surface area contributed by atoms with Gasteiger partial charge in [-0.15, -0.1) is 0 Å². The van der Waals surface area contributed by atoms with E-state index in [1.807, 2.05) is 54.6 Å². The van der Waals surface area contributed by atoms with Gasteiger partial charge >= 0.3 is 6.03 Å². The molecule has 116 valence electrons. The van der Waals surface area contributed by atoms with E-state index in [9.17, 15) is 4.79 Å². The van der Waals surface area contributed by atoms with Gasteiger partial charge in [0.25, 0.3) is 0 Å². The van der Waals surface area contributed by atoms with Gasteiger partial charge < -0.3 is 4.74 Å². The smallest absolute Gasteiger partial charge is 0.333 e. The molecule has 0 fully saturated rings. The van der Waals surface area contributed by atoms with Crippen molar-refractivity contribution in [3.63, 3.8) is 0 Å². The first kappa shape index (κ1) is 14.8. The van der Waals surface area contributed by atoms with E-state index in [0.29, 0.717) is 0 Å². The lowest BCUT2D eigenvalue weighted by Crippen LogP contribution is -2.30. The molecule has 0 spiro atoms. The normalized spacial score (nSPS) is 10.3. The van der Waals surface area contributed by atoms with Crippen molar-refractivity contribution in [2.45, 2.75) is 0 Å². The van der Waals surface area contributed by atoms with E-state index in [1.165, 1.54) is 10.9 Å². The summed E-state index contributed by atoms with van der Waals surface area (Å²) < 4.78 is 6.62. The van der Waals surface area contributed by atoms with Crippen LogP contribution < -0.4 is 9.64 Å². The van der Waals surface area contributed by atoms with Crippen molar-refractivity contribution in [1.82, 2.24) is 9.55 Å². The lowest BCUT2D eigenvalue weighted by atomic mass is 10.2. The number of aromatic nitrogens is 2. The number of ether oxygens (including phenoxy) is 1. The van der Waals surface area contributed by atoms with Gasteiger partial charge in [-0.05, 0) is 36.4 Å². The number of rotatable bonds is 3. The Balaban J connectivity index is 1.82. The molecule has 0 saturated heterocycles. The summed E-state index contributed by atoms with van der Waals surface area (Å²) in [5, 5.41) is 0. The molecule has 1 amide bonds. The molecule has 1 aromatic heterocycles. The van der Waals surface area contributed by atoms with Crippen LogP contribution in [0.15, 0.2) is 67.1 Å². The lowest BCUT2D eigenvalue weighted by molar-refractivity contribution is 0.249. The second kappa shape index (κ2) is 6.36. The Kier molecular flexibility index (Phi) is 4.10. The standard InChI is InChI=1S/C18H17N3O2/c1-20(15-6-4-3-5-7-15)18(22)21-12-17(19-13-21)14-8-10-16(23-2)11-9-14/h3-13H,1-2H3. The Morgan fingerprint density at radius 3 is 2.43 bits per heavy atom. The van der Waals surface area contributed by atoms with E-state index in [4.69, 9.17) is 4.74 Å². The quantitative estimate of drug-likeness (QED) is 0.742. The summed E-state index contributed by atoms with van der Waals surface area (Å²) in [6.45, 7) is 0. The largest absolute Gasteiger partial charge is 0.497 e. The van der Waals surface area contributed by atoms with Gasteiger partial charge in [0.1, 0.15) is 12.1 Å². The van der Waals surface area contributed by atoms with Crippen LogP contribution >= 0.6 is 0 Å². The monoisotopic (exact) mass is 307 g/mol. The summed E-state index contributed by atoms with van der Waals surface area (Å²) in [6.07, 6.45) is 3.25. The number of amides is 1. The van der Waals surface area contributed by atoms with Gasteiger partial charge in [0.05, 0.1) is 12.8 Å². The number of para-hydroxylation sites is 1. The van der Waals surface area contributed by atoms with Crippen LogP contribution in [0.1, 0.15) is 0 Å². The molecular formula is C18H17N3O2. The van der Waals surface area contributed by atoms with Crippen LogP contribution in [-0.2, 0) is 0 Å². The Labute approximate surface area is 134 Å². The van der Waals surface area contributed by atoms with Crippen LogP contribution in [0.3, 0.4) is 0 Å². The van der Waals surface area contributed by atoms with E-state index >= 15 is 0 Å². The predicted octanol–water partition coefficient (Wildman–Crippen LogP) is 3.66. The minimum Gasteiger partial charge on any atom is -0.497 e. The summed E-state index contributed by atoms with van der Waals surface area (Å²) >= 11 is 0. The number of nitrogens with zero attached hydrogens (tertiary/aromatic N) is 3. The SMILES string of the molecule is COc1ccc(-c2cn(C(=O)N(C)c3ccccc3)cn2)cc1. The third-order valence-electron chi connectivity index (χ3n) is 3.62. The zero-order chi connectivity index (χ0) is 16.2. The minimum atomic E-state index is -0.163. The van der Waals surface area contributed by atoms with Gasteiger partial charge in [-0.2, -0.15) is 0 Å². The van der Waals surface area contributed by atoms with Gasteiger partial charge in [0.2, 0.25) is 0 Å². The number of carbonyl (C=O) groups excluding carboxylic acids is 1. The molecule has 23 heavy (non-hydrogen) atoms.